The summed E-state index contributed by atoms with van der Waals surface area (Å²) in [6.45, 7) is 1.61. The highest BCUT2D eigenvalue weighted by Crippen LogP contribution is 2.37. The first kappa shape index (κ1) is 14.8. The van der Waals surface area contributed by atoms with Gasteiger partial charge in [0.1, 0.15) is 0 Å². The number of alkyl halides is 3. The van der Waals surface area contributed by atoms with E-state index in [2.05, 4.69) is 10.1 Å². The molecule has 0 bridgehead atoms. The highest BCUT2D eigenvalue weighted by atomic mass is 19.4. The zero-order valence-electron chi connectivity index (χ0n) is 10.9. The van der Waals surface area contributed by atoms with Crippen molar-refractivity contribution in [1.29, 1.82) is 0 Å². The third kappa shape index (κ3) is 3.09. The lowest BCUT2D eigenvalue weighted by molar-refractivity contribution is -0.182. The minimum atomic E-state index is -4.44. The molecule has 1 aliphatic heterocycles. The molecule has 0 spiro atoms. The Morgan fingerprint density at radius 3 is 2.65 bits per heavy atom. The van der Waals surface area contributed by atoms with E-state index in [1.54, 1.807) is 0 Å². The number of aromatic nitrogens is 2. The second-order valence-electron chi connectivity index (χ2n) is 4.81. The molecular weight excluding hydrogens is 277 g/mol. The van der Waals surface area contributed by atoms with Gasteiger partial charge in [0.05, 0.1) is 18.4 Å². The van der Waals surface area contributed by atoms with Crippen LogP contribution in [0.15, 0.2) is 4.52 Å². The van der Waals surface area contributed by atoms with Gasteiger partial charge in [-0.15, -0.1) is 0 Å². The number of carbonyl (C=O) groups is 1. The molecule has 6 nitrogen and oxygen atoms in total. The Balaban J connectivity index is 2.06. The number of hydrogen-bond acceptors (Lipinski definition) is 5. The molecule has 0 radical (unpaired) electrons. The number of halogens is 3. The normalized spacial score (nSPS) is 24.2. The van der Waals surface area contributed by atoms with Gasteiger partial charge in [-0.2, -0.15) is 18.2 Å². The average molecular weight is 292 g/mol. The number of likely N-dealkylation sites (tertiary alicyclic amines) is 1. The molecule has 2 heterocycles. The van der Waals surface area contributed by atoms with Gasteiger partial charge in [0.25, 0.3) is 0 Å². The first-order chi connectivity index (χ1) is 9.31. The predicted octanol–water partition coefficient (Wildman–Crippen LogP) is 0.728. The molecule has 0 unspecified atom stereocenters. The van der Waals surface area contributed by atoms with E-state index in [1.165, 1.54) is 4.90 Å². The lowest BCUT2D eigenvalue weighted by atomic mass is 9.95. The van der Waals surface area contributed by atoms with Gasteiger partial charge in [0.15, 0.2) is 5.82 Å². The molecule has 1 aromatic rings. The van der Waals surface area contributed by atoms with Crippen LogP contribution in [0.5, 0.6) is 0 Å². The molecule has 1 aliphatic rings. The molecule has 0 aliphatic carbocycles. The summed E-state index contributed by atoms with van der Waals surface area (Å²) in [4.78, 5) is 16.7. The zero-order valence-corrected chi connectivity index (χ0v) is 10.9. The standard InChI is InChI=1S/C11H15F3N4O2/c1-2-9-16-8(17-20-9)5-18-3-6(10(15)19)7(4-18)11(12,13)14/h6-7H,2-5H2,1H3,(H2,15,19)/t6-,7-/m1/s1. The molecule has 1 amide bonds. The average Bonchev–Trinajstić information content (AvgIpc) is 2.95. The summed E-state index contributed by atoms with van der Waals surface area (Å²) >= 11 is 0. The third-order valence-electron chi connectivity index (χ3n) is 3.36. The molecule has 1 saturated heterocycles. The number of primary amides is 1. The fourth-order valence-corrected chi connectivity index (χ4v) is 2.33. The van der Waals surface area contributed by atoms with Crippen molar-refractivity contribution in [3.8, 4) is 0 Å². The molecule has 9 heteroatoms. The Morgan fingerprint density at radius 2 is 2.20 bits per heavy atom. The van der Waals surface area contributed by atoms with Crippen LogP contribution in [0.3, 0.4) is 0 Å². The molecule has 0 saturated carbocycles. The van der Waals surface area contributed by atoms with Crippen LogP contribution in [0.4, 0.5) is 13.2 Å². The fourth-order valence-electron chi connectivity index (χ4n) is 2.33. The Kier molecular flexibility index (Phi) is 3.98. The number of nitrogens with two attached hydrogens (primary N) is 1. The van der Waals surface area contributed by atoms with Crippen LogP contribution in [0.25, 0.3) is 0 Å². The van der Waals surface area contributed by atoms with E-state index in [0.717, 1.165) is 0 Å². The first-order valence-corrected chi connectivity index (χ1v) is 6.21. The molecular formula is C11H15F3N4O2. The minimum Gasteiger partial charge on any atom is -0.369 e. The third-order valence-corrected chi connectivity index (χ3v) is 3.36. The molecule has 112 valence electrons. The van der Waals surface area contributed by atoms with Crippen molar-refractivity contribution < 1.29 is 22.5 Å². The van der Waals surface area contributed by atoms with Gasteiger partial charge in [0, 0.05) is 19.5 Å². The summed E-state index contributed by atoms with van der Waals surface area (Å²) in [6.07, 6.45) is -3.89. The lowest BCUT2D eigenvalue weighted by Crippen LogP contribution is -2.37. The van der Waals surface area contributed by atoms with Crippen LogP contribution >= 0.6 is 0 Å². The summed E-state index contributed by atoms with van der Waals surface area (Å²) < 4.78 is 43.5. The first-order valence-electron chi connectivity index (χ1n) is 6.21. The minimum absolute atomic E-state index is 0.0461. The highest BCUT2D eigenvalue weighted by molar-refractivity contribution is 5.77. The van der Waals surface area contributed by atoms with Gasteiger partial charge >= 0.3 is 6.18 Å². The zero-order chi connectivity index (χ0) is 14.9. The van der Waals surface area contributed by atoms with Crippen LogP contribution < -0.4 is 5.73 Å². The van der Waals surface area contributed by atoms with E-state index in [9.17, 15) is 18.0 Å². The number of hydrogen-bond donors (Lipinski definition) is 1. The maximum atomic E-state index is 12.9. The van der Waals surface area contributed by atoms with E-state index < -0.39 is 23.9 Å². The summed E-state index contributed by atoms with van der Waals surface area (Å²) in [5.74, 6) is -3.16. The maximum Gasteiger partial charge on any atom is 0.393 e. The molecule has 20 heavy (non-hydrogen) atoms. The van der Waals surface area contributed by atoms with E-state index in [-0.39, 0.29) is 19.6 Å². The lowest BCUT2D eigenvalue weighted by Gasteiger charge is -2.18. The second-order valence-corrected chi connectivity index (χ2v) is 4.81. The molecule has 1 fully saturated rings. The Bertz CT molecular complexity index is 488. The molecule has 0 aromatic carbocycles. The molecule has 2 rings (SSSR count). The fraction of sp³-hybridized carbons (Fsp3) is 0.727. The van der Waals surface area contributed by atoms with Crippen LogP contribution in [0, 0.1) is 11.8 Å². The van der Waals surface area contributed by atoms with Gasteiger partial charge in [-0.25, -0.2) is 0 Å². The number of carbonyl (C=O) groups excluding carboxylic acids is 1. The second kappa shape index (κ2) is 5.39. The summed E-state index contributed by atoms with van der Waals surface area (Å²) in [5, 5.41) is 3.68. The Morgan fingerprint density at radius 1 is 1.50 bits per heavy atom. The van der Waals surface area contributed by atoms with Gasteiger partial charge in [0.2, 0.25) is 11.8 Å². The molecule has 2 atom stereocenters. The Hall–Kier alpha value is -1.64. The van der Waals surface area contributed by atoms with E-state index in [4.69, 9.17) is 10.3 Å². The largest absolute Gasteiger partial charge is 0.393 e. The van der Waals surface area contributed by atoms with Crippen molar-refractivity contribution in [3.63, 3.8) is 0 Å². The summed E-state index contributed by atoms with van der Waals surface area (Å²) in [6, 6.07) is 0. The smallest absolute Gasteiger partial charge is 0.369 e. The van der Waals surface area contributed by atoms with Crippen molar-refractivity contribution in [3.05, 3.63) is 11.7 Å². The van der Waals surface area contributed by atoms with Crippen LogP contribution in [0.2, 0.25) is 0 Å². The van der Waals surface area contributed by atoms with Gasteiger partial charge in [-0.05, 0) is 0 Å². The number of aryl methyl sites for hydroxylation is 1. The summed E-state index contributed by atoms with van der Waals surface area (Å²) in [7, 11) is 0. The number of nitrogens with zero attached hydrogens (tertiary/aromatic N) is 3. The monoisotopic (exact) mass is 292 g/mol. The summed E-state index contributed by atoms with van der Waals surface area (Å²) in [5.41, 5.74) is 5.05. The highest BCUT2D eigenvalue weighted by Gasteiger charge is 2.51. The van der Waals surface area contributed by atoms with Crippen LogP contribution in [0.1, 0.15) is 18.6 Å². The van der Waals surface area contributed by atoms with Crippen molar-refractivity contribution in [2.45, 2.75) is 26.1 Å². The topological polar surface area (TPSA) is 85.3 Å². The quantitative estimate of drug-likeness (QED) is 0.884. The van der Waals surface area contributed by atoms with Crippen molar-refractivity contribution >= 4 is 5.91 Å². The SMILES string of the molecule is CCc1nc(CN2C[C@@H](C(F)(F)F)[C@H](C(N)=O)C2)no1. The van der Waals surface area contributed by atoms with E-state index in [0.29, 0.717) is 18.1 Å². The number of amides is 1. The predicted molar refractivity (Wildman–Crippen MR) is 61.2 cm³/mol. The van der Waals surface area contributed by atoms with Crippen molar-refractivity contribution in [2.24, 2.45) is 17.6 Å². The maximum absolute atomic E-state index is 12.9. The van der Waals surface area contributed by atoms with E-state index >= 15 is 0 Å². The molecule has 1 aromatic heterocycles. The number of rotatable bonds is 4. The van der Waals surface area contributed by atoms with Crippen LogP contribution in [-0.4, -0.2) is 40.2 Å². The van der Waals surface area contributed by atoms with E-state index in [1.807, 2.05) is 6.92 Å². The van der Waals surface area contributed by atoms with Gasteiger partial charge < -0.3 is 10.3 Å². The van der Waals surface area contributed by atoms with Crippen molar-refractivity contribution in [1.82, 2.24) is 15.0 Å². The van der Waals surface area contributed by atoms with Gasteiger partial charge in [-0.3, -0.25) is 9.69 Å². The van der Waals surface area contributed by atoms with Gasteiger partial charge in [-0.1, -0.05) is 12.1 Å². The molecule has 2 N–H and O–H groups in total. The van der Waals surface area contributed by atoms with Crippen molar-refractivity contribution in [2.75, 3.05) is 13.1 Å². The Labute approximate surface area is 113 Å². The van der Waals surface area contributed by atoms with Crippen LogP contribution in [-0.2, 0) is 17.8 Å².